The van der Waals surface area contributed by atoms with E-state index in [2.05, 4.69) is 0 Å². The molecule has 19 heavy (non-hydrogen) atoms. The third-order valence-electron chi connectivity index (χ3n) is 2.87. The average molecular weight is 265 g/mol. The standard InChI is InChI=1S/C15H23NO3/c1-11(2)19-10-9-16(4)13-7-6-8-14(18-5)15(13)12(3)17/h6-8,11H,9-10H2,1-5H3. The Bertz CT molecular complexity index is 429. The number of likely N-dealkylation sites (N-methyl/N-ethyl adjacent to an activating group) is 1. The van der Waals surface area contributed by atoms with Gasteiger partial charge in [-0.25, -0.2) is 0 Å². The van der Waals surface area contributed by atoms with E-state index < -0.39 is 0 Å². The number of ketones is 1. The quantitative estimate of drug-likeness (QED) is 0.711. The van der Waals surface area contributed by atoms with E-state index in [9.17, 15) is 4.79 Å². The zero-order valence-corrected chi connectivity index (χ0v) is 12.4. The van der Waals surface area contributed by atoms with Crippen LogP contribution in [0.5, 0.6) is 5.75 Å². The SMILES string of the molecule is COc1cccc(N(C)CCOC(C)C)c1C(C)=O. The number of rotatable bonds is 7. The highest BCUT2D eigenvalue weighted by atomic mass is 16.5. The molecule has 1 rings (SSSR count). The molecule has 106 valence electrons. The van der Waals surface area contributed by atoms with Crippen LogP contribution < -0.4 is 9.64 Å². The fraction of sp³-hybridized carbons (Fsp3) is 0.533. The van der Waals surface area contributed by atoms with Crippen molar-refractivity contribution >= 4 is 11.5 Å². The third-order valence-corrected chi connectivity index (χ3v) is 2.87. The molecule has 0 atom stereocenters. The maximum absolute atomic E-state index is 11.8. The van der Waals surface area contributed by atoms with Gasteiger partial charge in [-0.2, -0.15) is 0 Å². The Balaban J connectivity index is 2.89. The molecule has 0 aliphatic heterocycles. The Hall–Kier alpha value is -1.55. The fourth-order valence-electron chi connectivity index (χ4n) is 1.91. The molecule has 0 aliphatic carbocycles. The Kier molecular flexibility index (Phi) is 5.83. The van der Waals surface area contributed by atoms with Crippen LogP contribution in [-0.4, -0.2) is 39.2 Å². The number of Topliss-reactive ketones (excluding diaryl/α,β-unsaturated/α-hetero) is 1. The van der Waals surface area contributed by atoms with Crippen molar-refractivity contribution in [3.8, 4) is 5.75 Å². The number of methoxy groups -OCH3 is 1. The fourth-order valence-corrected chi connectivity index (χ4v) is 1.91. The van der Waals surface area contributed by atoms with Gasteiger partial charge >= 0.3 is 0 Å². The molecule has 1 aromatic carbocycles. The van der Waals surface area contributed by atoms with Gasteiger partial charge in [-0.05, 0) is 32.9 Å². The Labute approximate surface area is 115 Å². The van der Waals surface area contributed by atoms with Crippen molar-refractivity contribution in [2.24, 2.45) is 0 Å². The van der Waals surface area contributed by atoms with Crippen LogP contribution in [0, 0.1) is 0 Å². The first kappa shape index (κ1) is 15.5. The number of hydrogen-bond acceptors (Lipinski definition) is 4. The van der Waals surface area contributed by atoms with Gasteiger partial charge in [-0.3, -0.25) is 4.79 Å². The van der Waals surface area contributed by atoms with Crippen molar-refractivity contribution < 1.29 is 14.3 Å². The number of anilines is 1. The Morgan fingerprint density at radius 1 is 1.37 bits per heavy atom. The minimum absolute atomic E-state index is 0.00378. The summed E-state index contributed by atoms with van der Waals surface area (Å²) in [6, 6.07) is 5.62. The van der Waals surface area contributed by atoms with Crippen LogP contribution in [0.2, 0.25) is 0 Å². The summed E-state index contributed by atoms with van der Waals surface area (Å²) >= 11 is 0. The molecule has 0 radical (unpaired) electrons. The topological polar surface area (TPSA) is 38.8 Å². The molecule has 1 aromatic rings. The monoisotopic (exact) mass is 265 g/mol. The van der Waals surface area contributed by atoms with Crippen LogP contribution in [0.3, 0.4) is 0 Å². The van der Waals surface area contributed by atoms with E-state index in [1.807, 2.05) is 37.9 Å². The maximum atomic E-state index is 11.8. The zero-order valence-electron chi connectivity index (χ0n) is 12.4. The predicted molar refractivity (Wildman–Crippen MR) is 77.4 cm³/mol. The van der Waals surface area contributed by atoms with Gasteiger partial charge < -0.3 is 14.4 Å². The van der Waals surface area contributed by atoms with Crippen LogP contribution in [-0.2, 0) is 4.74 Å². The van der Waals surface area contributed by atoms with Gasteiger partial charge in [0.2, 0.25) is 0 Å². The molecule has 0 fully saturated rings. The van der Waals surface area contributed by atoms with Gasteiger partial charge in [0.05, 0.1) is 31.1 Å². The molecular weight excluding hydrogens is 242 g/mol. The van der Waals surface area contributed by atoms with Crippen molar-refractivity contribution in [2.75, 3.05) is 32.2 Å². The molecule has 0 aliphatic rings. The van der Waals surface area contributed by atoms with Crippen molar-refractivity contribution in [3.05, 3.63) is 23.8 Å². The summed E-state index contributed by atoms with van der Waals surface area (Å²) in [5.41, 5.74) is 1.50. The molecule has 0 amide bonds. The molecule has 4 nitrogen and oxygen atoms in total. The molecule has 0 saturated heterocycles. The minimum Gasteiger partial charge on any atom is -0.496 e. The molecule has 4 heteroatoms. The van der Waals surface area contributed by atoms with E-state index >= 15 is 0 Å². The Morgan fingerprint density at radius 2 is 2.05 bits per heavy atom. The first-order chi connectivity index (χ1) is 8.97. The number of nitrogens with zero attached hydrogens (tertiary/aromatic N) is 1. The highest BCUT2D eigenvalue weighted by Crippen LogP contribution is 2.29. The summed E-state index contributed by atoms with van der Waals surface area (Å²) in [4.78, 5) is 13.8. The summed E-state index contributed by atoms with van der Waals surface area (Å²) < 4.78 is 10.8. The lowest BCUT2D eigenvalue weighted by molar-refractivity contribution is 0.0845. The van der Waals surface area contributed by atoms with Crippen molar-refractivity contribution in [1.82, 2.24) is 0 Å². The molecule has 0 unspecified atom stereocenters. The Morgan fingerprint density at radius 3 is 2.58 bits per heavy atom. The number of carbonyl (C=O) groups excluding carboxylic acids is 1. The van der Waals surface area contributed by atoms with Crippen molar-refractivity contribution in [1.29, 1.82) is 0 Å². The van der Waals surface area contributed by atoms with Crippen LogP contribution >= 0.6 is 0 Å². The summed E-state index contributed by atoms with van der Waals surface area (Å²) in [5, 5.41) is 0. The van der Waals surface area contributed by atoms with Gasteiger partial charge in [0.25, 0.3) is 0 Å². The largest absolute Gasteiger partial charge is 0.496 e. The number of carbonyl (C=O) groups is 1. The highest BCUT2D eigenvalue weighted by Gasteiger charge is 2.16. The van der Waals surface area contributed by atoms with E-state index in [4.69, 9.17) is 9.47 Å². The number of ether oxygens (including phenoxy) is 2. The summed E-state index contributed by atoms with van der Waals surface area (Å²) in [6.45, 7) is 6.92. The second kappa shape index (κ2) is 7.14. The maximum Gasteiger partial charge on any atom is 0.165 e. The predicted octanol–water partition coefficient (Wildman–Crippen LogP) is 2.76. The number of benzene rings is 1. The van der Waals surface area contributed by atoms with Crippen molar-refractivity contribution in [2.45, 2.75) is 26.9 Å². The van der Waals surface area contributed by atoms with E-state index in [0.29, 0.717) is 17.9 Å². The molecular formula is C15H23NO3. The second-order valence-electron chi connectivity index (χ2n) is 4.75. The molecule has 0 N–H and O–H groups in total. The van der Waals surface area contributed by atoms with Crippen LogP contribution in [0.4, 0.5) is 5.69 Å². The van der Waals surface area contributed by atoms with Crippen LogP contribution in [0.25, 0.3) is 0 Å². The van der Waals surface area contributed by atoms with Gasteiger partial charge in [0.1, 0.15) is 5.75 Å². The van der Waals surface area contributed by atoms with Gasteiger partial charge in [-0.15, -0.1) is 0 Å². The van der Waals surface area contributed by atoms with Crippen LogP contribution in [0.1, 0.15) is 31.1 Å². The van der Waals surface area contributed by atoms with Gasteiger partial charge in [0.15, 0.2) is 5.78 Å². The first-order valence-electron chi connectivity index (χ1n) is 6.48. The van der Waals surface area contributed by atoms with Crippen LogP contribution in [0.15, 0.2) is 18.2 Å². The smallest absolute Gasteiger partial charge is 0.165 e. The second-order valence-corrected chi connectivity index (χ2v) is 4.75. The van der Waals surface area contributed by atoms with Gasteiger partial charge in [0, 0.05) is 13.6 Å². The summed E-state index contributed by atoms with van der Waals surface area (Å²) in [5.74, 6) is 0.616. The zero-order chi connectivity index (χ0) is 14.4. The number of hydrogen-bond donors (Lipinski definition) is 0. The lowest BCUT2D eigenvalue weighted by atomic mass is 10.1. The molecule has 0 bridgehead atoms. The average Bonchev–Trinajstić information content (AvgIpc) is 2.36. The van der Waals surface area contributed by atoms with E-state index in [1.54, 1.807) is 20.1 Å². The van der Waals surface area contributed by atoms with E-state index in [0.717, 1.165) is 12.2 Å². The van der Waals surface area contributed by atoms with Gasteiger partial charge in [-0.1, -0.05) is 6.07 Å². The lowest BCUT2D eigenvalue weighted by Gasteiger charge is -2.23. The van der Waals surface area contributed by atoms with E-state index in [-0.39, 0.29) is 11.9 Å². The summed E-state index contributed by atoms with van der Waals surface area (Å²) in [6.07, 6.45) is 0.214. The normalized spacial score (nSPS) is 10.6. The molecule has 0 spiro atoms. The third kappa shape index (κ3) is 4.24. The van der Waals surface area contributed by atoms with Crippen molar-refractivity contribution in [3.63, 3.8) is 0 Å². The molecule has 0 heterocycles. The molecule has 0 aromatic heterocycles. The minimum atomic E-state index is 0.00378. The highest BCUT2D eigenvalue weighted by molar-refractivity contribution is 6.02. The molecule has 0 saturated carbocycles. The lowest BCUT2D eigenvalue weighted by Crippen LogP contribution is -2.25. The summed E-state index contributed by atoms with van der Waals surface area (Å²) in [7, 11) is 3.53. The van der Waals surface area contributed by atoms with E-state index in [1.165, 1.54) is 0 Å². The first-order valence-corrected chi connectivity index (χ1v) is 6.48.